The molecule has 0 aromatic heterocycles. The Labute approximate surface area is 103 Å². The van der Waals surface area contributed by atoms with Crippen molar-refractivity contribution in [2.24, 2.45) is 11.7 Å². The molecule has 1 aliphatic rings. The molecule has 1 saturated heterocycles. The fourth-order valence-corrected chi connectivity index (χ4v) is 2.64. The Morgan fingerprint density at radius 3 is 2.53 bits per heavy atom. The van der Waals surface area contributed by atoms with Crippen molar-refractivity contribution < 1.29 is 0 Å². The van der Waals surface area contributed by atoms with Crippen molar-refractivity contribution in [1.82, 2.24) is 0 Å². The zero-order chi connectivity index (χ0) is 12.4. The molecule has 0 spiro atoms. The lowest BCUT2D eigenvalue weighted by molar-refractivity contribution is 0.492. The minimum atomic E-state index is 0.137. The summed E-state index contributed by atoms with van der Waals surface area (Å²) in [5, 5.41) is 7.39. The largest absolute Gasteiger partial charge is 0.384 e. The number of hydrogen-bond donors (Lipinski definition) is 2. The minimum Gasteiger partial charge on any atom is -0.384 e. The third-order valence-electron chi connectivity index (χ3n) is 3.58. The molecule has 1 aromatic rings. The summed E-state index contributed by atoms with van der Waals surface area (Å²) < 4.78 is 0. The molecule has 0 radical (unpaired) electrons. The van der Waals surface area contributed by atoms with E-state index < -0.39 is 0 Å². The van der Waals surface area contributed by atoms with Crippen LogP contribution in [0.15, 0.2) is 24.3 Å². The molecule has 1 atom stereocenters. The molecule has 0 aliphatic carbocycles. The smallest absolute Gasteiger partial charge is 0.122 e. The molecule has 17 heavy (non-hydrogen) atoms. The molecule has 0 bridgehead atoms. The normalized spacial score (nSPS) is 19.9. The van der Waals surface area contributed by atoms with E-state index >= 15 is 0 Å². The van der Waals surface area contributed by atoms with Crippen molar-refractivity contribution in [3.63, 3.8) is 0 Å². The third kappa shape index (κ3) is 2.43. The first-order valence-electron chi connectivity index (χ1n) is 6.30. The number of nitrogens with one attached hydrogen (secondary N) is 1. The molecule has 3 heteroatoms. The van der Waals surface area contributed by atoms with Gasteiger partial charge in [0.15, 0.2) is 0 Å². The second-order valence-electron chi connectivity index (χ2n) is 5.11. The zero-order valence-electron chi connectivity index (χ0n) is 10.6. The Kier molecular flexibility index (Phi) is 3.36. The lowest BCUT2D eigenvalue weighted by Crippen LogP contribution is -2.33. The Morgan fingerprint density at radius 1 is 1.35 bits per heavy atom. The molecular formula is C14H21N3. The number of hydrogen-bond acceptors (Lipinski definition) is 2. The van der Waals surface area contributed by atoms with Crippen LogP contribution in [0.25, 0.3) is 0 Å². The van der Waals surface area contributed by atoms with Gasteiger partial charge in [-0.25, -0.2) is 0 Å². The van der Waals surface area contributed by atoms with Gasteiger partial charge in [-0.3, -0.25) is 5.41 Å². The molecule has 1 heterocycles. The Balaban J connectivity index is 2.19. The molecule has 1 aliphatic heterocycles. The fraction of sp³-hybridized carbons (Fsp3) is 0.500. The summed E-state index contributed by atoms with van der Waals surface area (Å²) in [7, 11) is 0. The highest BCUT2D eigenvalue weighted by Gasteiger charge is 2.26. The molecule has 92 valence electrons. The van der Waals surface area contributed by atoms with Crippen molar-refractivity contribution in [3.8, 4) is 0 Å². The summed E-state index contributed by atoms with van der Waals surface area (Å²) in [5.74, 6) is 0.823. The van der Waals surface area contributed by atoms with Crippen LogP contribution >= 0.6 is 0 Å². The van der Waals surface area contributed by atoms with E-state index in [4.69, 9.17) is 11.1 Å². The van der Waals surface area contributed by atoms with Crippen LogP contribution in [0, 0.1) is 11.3 Å². The first kappa shape index (κ1) is 12.0. The lowest BCUT2D eigenvalue weighted by Gasteiger charge is -2.29. The number of nitrogens with zero attached hydrogens (tertiary/aromatic N) is 1. The van der Waals surface area contributed by atoms with Gasteiger partial charge in [0.25, 0.3) is 0 Å². The van der Waals surface area contributed by atoms with E-state index in [-0.39, 0.29) is 5.84 Å². The van der Waals surface area contributed by atoms with Crippen LogP contribution in [0.4, 0.5) is 5.69 Å². The van der Waals surface area contributed by atoms with Crippen molar-refractivity contribution in [2.75, 3.05) is 11.4 Å². The molecular weight excluding hydrogens is 210 g/mol. The second kappa shape index (κ2) is 4.78. The number of nitrogens with two attached hydrogens (primary N) is 1. The van der Waals surface area contributed by atoms with Gasteiger partial charge < -0.3 is 10.6 Å². The Hall–Kier alpha value is -1.51. The standard InChI is InChI=1S/C14H21N3/c1-10(2)13-4-3-9-17(13)12-7-5-11(6-8-12)14(15)16/h5-8,10,13H,3-4,9H2,1-2H3,(H3,15,16). The topological polar surface area (TPSA) is 53.1 Å². The number of anilines is 1. The average Bonchev–Trinajstić information content (AvgIpc) is 2.78. The Bertz CT molecular complexity index is 394. The van der Waals surface area contributed by atoms with Gasteiger partial charge in [0.2, 0.25) is 0 Å². The maximum atomic E-state index is 7.39. The van der Waals surface area contributed by atoms with Gasteiger partial charge in [-0.1, -0.05) is 13.8 Å². The van der Waals surface area contributed by atoms with E-state index in [1.165, 1.54) is 18.5 Å². The van der Waals surface area contributed by atoms with Crippen LogP contribution in [-0.4, -0.2) is 18.4 Å². The summed E-state index contributed by atoms with van der Waals surface area (Å²) in [6.45, 7) is 5.71. The molecule has 2 rings (SSSR count). The van der Waals surface area contributed by atoms with Crippen molar-refractivity contribution in [1.29, 1.82) is 5.41 Å². The van der Waals surface area contributed by atoms with E-state index in [0.717, 1.165) is 12.1 Å². The maximum absolute atomic E-state index is 7.39. The number of amidine groups is 1. The quantitative estimate of drug-likeness (QED) is 0.620. The number of nitrogen functional groups attached to an aromatic ring is 1. The summed E-state index contributed by atoms with van der Waals surface area (Å²) in [6, 6.07) is 8.69. The van der Waals surface area contributed by atoms with Crippen molar-refractivity contribution >= 4 is 11.5 Å². The maximum Gasteiger partial charge on any atom is 0.122 e. The van der Waals surface area contributed by atoms with E-state index in [0.29, 0.717) is 12.0 Å². The highest BCUT2D eigenvalue weighted by atomic mass is 15.2. The van der Waals surface area contributed by atoms with E-state index in [9.17, 15) is 0 Å². The molecule has 1 aromatic carbocycles. The molecule has 3 N–H and O–H groups in total. The van der Waals surface area contributed by atoms with Crippen LogP contribution < -0.4 is 10.6 Å². The molecule has 0 saturated carbocycles. The van der Waals surface area contributed by atoms with Gasteiger partial charge >= 0.3 is 0 Å². The molecule has 1 fully saturated rings. The van der Waals surface area contributed by atoms with Gasteiger partial charge in [0.05, 0.1) is 0 Å². The third-order valence-corrected chi connectivity index (χ3v) is 3.58. The predicted octanol–water partition coefficient (Wildman–Crippen LogP) is 2.60. The summed E-state index contributed by atoms with van der Waals surface area (Å²) in [4.78, 5) is 2.48. The van der Waals surface area contributed by atoms with Gasteiger partial charge in [0.1, 0.15) is 5.84 Å². The lowest BCUT2D eigenvalue weighted by atomic mass is 10.0. The highest BCUT2D eigenvalue weighted by Crippen LogP contribution is 2.29. The van der Waals surface area contributed by atoms with Gasteiger partial charge in [-0.05, 0) is 43.0 Å². The van der Waals surface area contributed by atoms with E-state index in [2.05, 4.69) is 30.9 Å². The van der Waals surface area contributed by atoms with Crippen LogP contribution in [0.5, 0.6) is 0 Å². The van der Waals surface area contributed by atoms with E-state index in [1.54, 1.807) is 0 Å². The monoisotopic (exact) mass is 231 g/mol. The number of benzene rings is 1. The number of rotatable bonds is 3. The van der Waals surface area contributed by atoms with Crippen molar-refractivity contribution in [2.45, 2.75) is 32.7 Å². The van der Waals surface area contributed by atoms with Crippen LogP contribution in [0.1, 0.15) is 32.3 Å². The van der Waals surface area contributed by atoms with Gasteiger partial charge in [-0.15, -0.1) is 0 Å². The summed E-state index contributed by atoms with van der Waals surface area (Å²) in [6.07, 6.45) is 2.56. The predicted molar refractivity (Wildman–Crippen MR) is 72.7 cm³/mol. The molecule has 0 amide bonds. The molecule has 1 unspecified atom stereocenters. The van der Waals surface area contributed by atoms with Crippen LogP contribution in [-0.2, 0) is 0 Å². The Morgan fingerprint density at radius 2 is 2.00 bits per heavy atom. The molecule has 3 nitrogen and oxygen atoms in total. The fourth-order valence-electron chi connectivity index (χ4n) is 2.64. The average molecular weight is 231 g/mol. The first-order chi connectivity index (χ1) is 8.09. The van der Waals surface area contributed by atoms with Gasteiger partial charge in [-0.2, -0.15) is 0 Å². The zero-order valence-corrected chi connectivity index (χ0v) is 10.6. The first-order valence-corrected chi connectivity index (χ1v) is 6.30. The highest BCUT2D eigenvalue weighted by molar-refractivity contribution is 5.95. The van der Waals surface area contributed by atoms with E-state index in [1.807, 2.05) is 12.1 Å². The van der Waals surface area contributed by atoms with Crippen LogP contribution in [0.2, 0.25) is 0 Å². The summed E-state index contributed by atoms with van der Waals surface area (Å²) in [5.41, 5.74) is 7.52. The SMILES string of the molecule is CC(C)C1CCCN1c1ccc(C(=N)N)cc1. The minimum absolute atomic E-state index is 0.137. The van der Waals surface area contributed by atoms with Crippen LogP contribution in [0.3, 0.4) is 0 Å². The summed E-state index contributed by atoms with van der Waals surface area (Å²) >= 11 is 0. The van der Waals surface area contributed by atoms with Crippen molar-refractivity contribution in [3.05, 3.63) is 29.8 Å². The second-order valence-corrected chi connectivity index (χ2v) is 5.11. The van der Waals surface area contributed by atoms with Gasteiger partial charge in [0, 0.05) is 23.8 Å².